The monoisotopic (exact) mass is 1950 g/mol. The molecule has 17 heteroatoms. The van der Waals surface area contributed by atoms with Gasteiger partial charge in [-0.1, -0.05) is 136 Å². The Kier molecular flexibility index (Phi) is 39.8. The van der Waals surface area contributed by atoms with E-state index in [4.69, 9.17) is 44.3 Å². The van der Waals surface area contributed by atoms with Gasteiger partial charge >= 0.3 is 47.8 Å². The van der Waals surface area contributed by atoms with Crippen LogP contribution in [0.2, 0.25) is 0 Å². The molecule has 16 nitrogen and oxygen atoms in total. The SMILES string of the molecule is C#CC1(OC(=O)c2ccc(OC(=O)C3CCC(C(=O)OCCCCCCOC(=O)C=C)CC3)cc2)CC2CC1CC2c1ccc(CCCC)cc1.C=CC(=O)OCCCCCCOC(=O)C1CCC(C(=O)Oc2ccc(C(=O)OC3(C#Cc4ccc(C#Cc5ccc(C#CC)cc5)cc4)CC4CC3CC4c3ccc(CCCC)cc3)cc2)CC1.CC#Cc1ccc(C#Cc2ccc(I)cc2)cc1. The van der Waals surface area contributed by atoms with E-state index in [2.05, 4.69) is 175 Å². The molecule has 14 rings (SSSR count). The zero-order valence-corrected chi connectivity index (χ0v) is 81.6. The number of esters is 8. The minimum atomic E-state index is -0.951. The predicted octanol–water partition coefficient (Wildman–Crippen LogP) is 23.9. The summed E-state index contributed by atoms with van der Waals surface area (Å²) in [5.41, 5.74) is 10.9. The number of aryl methyl sites for hydroxylation is 2. The molecule has 0 spiro atoms. The lowest BCUT2D eigenvalue weighted by Crippen LogP contribution is -2.40. The van der Waals surface area contributed by atoms with Gasteiger partial charge in [-0.15, -0.1) is 18.3 Å². The van der Waals surface area contributed by atoms with E-state index in [-0.39, 0.29) is 59.4 Å². The zero-order chi connectivity index (χ0) is 96.7. The van der Waals surface area contributed by atoms with Gasteiger partial charge in [0.2, 0.25) is 0 Å². The maximum absolute atomic E-state index is 14.0. The number of rotatable bonds is 34. The first-order chi connectivity index (χ1) is 66.7. The lowest BCUT2D eigenvalue weighted by atomic mass is 9.76. The second-order valence-corrected chi connectivity index (χ2v) is 37.7. The first-order valence-corrected chi connectivity index (χ1v) is 49.9. The summed E-state index contributed by atoms with van der Waals surface area (Å²) in [4.78, 5) is 101. The highest BCUT2D eigenvalue weighted by Gasteiger charge is 2.59. The molecule has 0 heterocycles. The molecular weight excluding hydrogens is 1820 g/mol. The van der Waals surface area contributed by atoms with Crippen molar-refractivity contribution in [3.8, 4) is 83.0 Å². The van der Waals surface area contributed by atoms with Gasteiger partial charge in [0, 0.05) is 79.3 Å². The van der Waals surface area contributed by atoms with E-state index in [0.717, 1.165) is 141 Å². The minimum Gasteiger partial charge on any atom is -0.465 e. The van der Waals surface area contributed by atoms with Crippen molar-refractivity contribution >= 4 is 70.3 Å². The highest BCUT2D eigenvalue weighted by atomic mass is 127. The molecule has 0 amide bonds. The molecule has 4 bridgehead atoms. The number of halogens is 1. The van der Waals surface area contributed by atoms with Gasteiger partial charge in [0.25, 0.3) is 0 Å². The molecular formula is C120H125IO16. The van der Waals surface area contributed by atoms with Crippen molar-refractivity contribution in [3.63, 3.8) is 0 Å². The zero-order valence-electron chi connectivity index (χ0n) is 79.4. The van der Waals surface area contributed by atoms with Gasteiger partial charge in [-0.3, -0.25) is 19.2 Å². The number of ether oxygens (including phenoxy) is 8. The molecule has 8 atom stereocenters. The van der Waals surface area contributed by atoms with Crippen LogP contribution in [0.3, 0.4) is 0 Å². The van der Waals surface area contributed by atoms with Crippen LogP contribution in [0.25, 0.3) is 0 Å². The summed E-state index contributed by atoms with van der Waals surface area (Å²) in [6.07, 6.45) is 31.2. The third-order valence-corrected chi connectivity index (χ3v) is 27.8. The Morgan fingerprint density at radius 1 is 0.372 bits per heavy atom. The Morgan fingerprint density at radius 2 is 0.686 bits per heavy atom. The molecule has 8 aromatic carbocycles. The lowest BCUT2D eigenvalue weighted by Gasteiger charge is -2.36. The molecule has 6 aliphatic carbocycles. The molecule has 0 aromatic heterocycles. The van der Waals surface area contributed by atoms with E-state index in [9.17, 15) is 38.4 Å². The van der Waals surface area contributed by atoms with Gasteiger partial charge in [-0.05, 0) is 388 Å². The van der Waals surface area contributed by atoms with Crippen molar-refractivity contribution in [2.45, 2.75) is 231 Å². The van der Waals surface area contributed by atoms with Gasteiger partial charge in [0.15, 0.2) is 11.2 Å². The van der Waals surface area contributed by atoms with E-state index in [1.165, 1.54) is 51.5 Å². The second-order valence-electron chi connectivity index (χ2n) is 36.5. The van der Waals surface area contributed by atoms with Crippen molar-refractivity contribution < 1.29 is 76.3 Å². The van der Waals surface area contributed by atoms with Gasteiger partial charge in [0.1, 0.15) is 11.5 Å². The first-order valence-electron chi connectivity index (χ1n) is 48.8. The fraction of sp³-hybridized carbons (Fsp3) is 0.400. The van der Waals surface area contributed by atoms with E-state index >= 15 is 0 Å². The van der Waals surface area contributed by atoms with Crippen LogP contribution in [0, 0.1) is 122 Å². The van der Waals surface area contributed by atoms with E-state index in [1.54, 1.807) is 48.5 Å². The van der Waals surface area contributed by atoms with Crippen molar-refractivity contribution in [2.75, 3.05) is 26.4 Å². The summed E-state index contributed by atoms with van der Waals surface area (Å²) in [6.45, 7) is 16.2. The van der Waals surface area contributed by atoms with Gasteiger partial charge in [-0.2, -0.15) is 0 Å². The van der Waals surface area contributed by atoms with Crippen LogP contribution in [0.4, 0.5) is 0 Å². The van der Waals surface area contributed by atoms with Crippen LogP contribution < -0.4 is 9.47 Å². The van der Waals surface area contributed by atoms with Gasteiger partial charge < -0.3 is 37.9 Å². The van der Waals surface area contributed by atoms with Crippen LogP contribution >= 0.6 is 22.6 Å². The first kappa shape index (κ1) is 103. The number of carbonyl (C=O) groups excluding carboxylic acids is 8. The molecule has 6 saturated carbocycles. The number of hydrogen-bond donors (Lipinski definition) is 0. The fourth-order valence-electron chi connectivity index (χ4n) is 19.3. The topological polar surface area (TPSA) is 210 Å². The standard InChI is InChI=1S/C60H62O8.C43H52O8.C17H11I/c1-4-7-13-44-24-26-48(27-25-44)55-41-53-40-52(55)42-60(53,37-36-47-22-20-46(21-23-47)19-18-45-16-14-43(12-5-2)15-17-45)68-59(64)51-32-34-54(35-33-51)67-58(63)50-30-28-49(29-31-50)57(62)66-39-11-9-8-10-38-65-56(61)6-3;1-4-7-12-30-13-15-31(16-14-30)38-28-36-27-35(38)29-43(36,6-3)51-42(47)34-21-23-37(24-22-34)50-41(46)33-19-17-32(18-20-33)40(45)49-26-11-9-8-10-25-48-39(44)5-2;1-2-3-14-4-6-15(7-5-14)8-9-16-10-12-17(18)13-11-16/h6,14-17,20-27,32-35,49-50,52-53,55H,3-4,7-11,13,28-31,38-42H2,1-2H3;3,5,13-16,21-24,32-33,35-36,38H,2,4,7-12,17-20,25-29H2,1H3;4-7,10-13H,1H3. The molecule has 8 aromatic rings. The summed E-state index contributed by atoms with van der Waals surface area (Å²) < 4.78 is 46.2. The number of terminal acetylenes is 1. The molecule has 6 aliphatic rings. The van der Waals surface area contributed by atoms with Crippen molar-refractivity contribution in [1.29, 1.82) is 0 Å². The number of hydrogen-bond acceptors (Lipinski definition) is 16. The van der Waals surface area contributed by atoms with Crippen LogP contribution in [0.1, 0.15) is 288 Å². The highest BCUT2D eigenvalue weighted by molar-refractivity contribution is 14.1. The van der Waals surface area contributed by atoms with Gasteiger partial charge in [0.05, 0.1) is 61.2 Å². The summed E-state index contributed by atoms with van der Waals surface area (Å²) in [5.74, 6) is 32.8. The number of carbonyl (C=O) groups is 8. The smallest absolute Gasteiger partial charge is 0.339 e. The molecule has 0 radical (unpaired) electrons. The Bertz CT molecular complexity index is 5810. The third-order valence-electron chi connectivity index (χ3n) is 27.0. The highest BCUT2D eigenvalue weighted by Crippen LogP contribution is 2.60. The molecule has 0 N–H and O–H groups in total. The van der Waals surface area contributed by atoms with E-state index in [1.807, 2.05) is 98.8 Å². The van der Waals surface area contributed by atoms with Crippen molar-refractivity contribution in [1.82, 2.24) is 0 Å². The minimum absolute atomic E-state index is 0.0731. The largest absolute Gasteiger partial charge is 0.465 e. The Balaban J connectivity index is 0.000000213. The maximum atomic E-state index is 14.0. The molecule has 8 unspecified atom stereocenters. The second kappa shape index (κ2) is 53.0. The van der Waals surface area contributed by atoms with E-state index < -0.39 is 35.1 Å². The quantitative estimate of drug-likeness (QED) is 0.00698. The number of benzene rings is 8. The normalized spacial score (nSPS) is 20.9. The van der Waals surface area contributed by atoms with Crippen LogP contribution in [-0.4, -0.2) is 85.4 Å². The summed E-state index contributed by atoms with van der Waals surface area (Å²) in [6, 6.07) is 63.0. The molecule has 0 aliphatic heterocycles. The molecule has 0 saturated heterocycles. The summed E-state index contributed by atoms with van der Waals surface area (Å²) in [7, 11) is 0. The summed E-state index contributed by atoms with van der Waals surface area (Å²) in [5, 5.41) is 0. The fourth-order valence-corrected chi connectivity index (χ4v) is 19.7. The van der Waals surface area contributed by atoms with Crippen molar-refractivity contribution in [3.05, 3.63) is 295 Å². The Hall–Kier alpha value is -12.9. The maximum Gasteiger partial charge on any atom is 0.339 e. The van der Waals surface area contributed by atoms with Gasteiger partial charge in [-0.25, -0.2) is 19.2 Å². The number of unbranched alkanes of at least 4 members (excludes halogenated alkanes) is 8. The summed E-state index contributed by atoms with van der Waals surface area (Å²) >= 11 is 2.29. The predicted molar refractivity (Wildman–Crippen MR) is 541 cm³/mol. The van der Waals surface area contributed by atoms with Crippen molar-refractivity contribution in [2.24, 2.45) is 47.3 Å². The lowest BCUT2D eigenvalue weighted by molar-refractivity contribution is -0.152. The molecule has 137 heavy (non-hydrogen) atoms. The van der Waals surface area contributed by atoms with Crippen LogP contribution in [0.5, 0.6) is 11.5 Å². The molecule has 6 fully saturated rings. The number of fused-ring (bicyclic) bond motifs is 4. The molecule has 708 valence electrons. The van der Waals surface area contributed by atoms with Crippen LogP contribution in [-0.2, 0) is 70.0 Å². The average molecular weight is 1950 g/mol. The third kappa shape index (κ3) is 30.8. The average Bonchev–Trinajstić information content (AvgIpc) is 1.59. The van der Waals surface area contributed by atoms with Crippen LogP contribution in [0.15, 0.2) is 219 Å². The van der Waals surface area contributed by atoms with E-state index in [0.29, 0.717) is 137 Å². The Morgan fingerprint density at radius 3 is 1.01 bits per heavy atom. The Labute approximate surface area is 823 Å².